The average Bonchev–Trinajstić information content (AvgIpc) is 2.35. The van der Waals surface area contributed by atoms with Crippen LogP contribution in [0.3, 0.4) is 0 Å². The van der Waals surface area contributed by atoms with Gasteiger partial charge in [-0.2, -0.15) is 5.10 Å². The molecular formula is C7H9N3OS. The van der Waals surface area contributed by atoms with Crippen LogP contribution in [-0.2, 0) is 0 Å². The monoisotopic (exact) mass is 183 g/mol. The van der Waals surface area contributed by atoms with Gasteiger partial charge in [0.2, 0.25) is 0 Å². The molecule has 0 fully saturated rings. The van der Waals surface area contributed by atoms with Gasteiger partial charge in [-0.05, 0) is 18.4 Å². The first-order valence-corrected chi connectivity index (χ1v) is 4.20. The van der Waals surface area contributed by atoms with Gasteiger partial charge in [0, 0.05) is 10.4 Å². The molecule has 0 atom stereocenters. The molecule has 1 rings (SSSR count). The van der Waals surface area contributed by atoms with Crippen LogP contribution in [0.15, 0.2) is 16.5 Å². The zero-order valence-electron chi connectivity index (χ0n) is 6.57. The number of carbonyl (C=O) groups is 1. The first-order valence-electron chi connectivity index (χ1n) is 3.32. The van der Waals surface area contributed by atoms with Gasteiger partial charge in [-0.25, -0.2) is 10.2 Å². The smallest absolute Gasteiger partial charge is 0.332 e. The minimum atomic E-state index is -0.654. The highest BCUT2D eigenvalue weighted by Gasteiger charge is 1.91. The second-order valence-corrected chi connectivity index (χ2v) is 3.34. The van der Waals surface area contributed by atoms with Crippen molar-refractivity contribution in [1.29, 1.82) is 0 Å². The van der Waals surface area contributed by atoms with Crippen LogP contribution in [0, 0.1) is 6.92 Å². The van der Waals surface area contributed by atoms with Gasteiger partial charge < -0.3 is 5.73 Å². The van der Waals surface area contributed by atoms with Crippen LogP contribution in [0.1, 0.15) is 10.4 Å². The quantitative estimate of drug-likeness (QED) is 0.522. The molecule has 0 saturated carbocycles. The molecule has 1 aromatic heterocycles. The number of rotatable bonds is 2. The van der Waals surface area contributed by atoms with E-state index in [2.05, 4.69) is 10.5 Å². The molecule has 0 aliphatic heterocycles. The SMILES string of the molecule is Cc1cc(/C=N/NC(N)=O)cs1. The third-order valence-corrected chi connectivity index (χ3v) is 2.02. The number of primary amides is 1. The summed E-state index contributed by atoms with van der Waals surface area (Å²) in [5.41, 5.74) is 7.88. The fraction of sp³-hybridized carbons (Fsp3) is 0.143. The molecule has 4 nitrogen and oxygen atoms in total. The fourth-order valence-electron chi connectivity index (χ4n) is 0.702. The maximum Gasteiger partial charge on any atom is 0.332 e. The van der Waals surface area contributed by atoms with Gasteiger partial charge in [-0.15, -0.1) is 11.3 Å². The van der Waals surface area contributed by atoms with Crippen molar-refractivity contribution in [3.05, 3.63) is 21.9 Å². The molecule has 5 heteroatoms. The molecule has 12 heavy (non-hydrogen) atoms. The van der Waals surface area contributed by atoms with E-state index in [1.807, 2.05) is 18.4 Å². The Hall–Kier alpha value is -1.36. The summed E-state index contributed by atoms with van der Waals surface area (Å²) >= 11 is 1.63. The number of thiophene rings is 1. The summed E-state index contributed by atoms with van der Waals surface area (Å²) in [5.74, 6) is 0. The van der Waals surface area contributed by atoms with Crippen molar-refractivity contribution in [3.63, 3.8) is 0 Å². The molecular weight excluding hydrogens is 174 g/mol. The van der Waals surface area contributed by atoms with Crippen molar-refractivity contribution in [2.45, 2.75) is 6.92 Å². The molecule has 3 N–H and O–H groups in total. The topological polar surface area (TPSA) is 67.5 Å². The van der Waals surface area contributed by atoms with E-state index in [1.165, 1.54) is 4.88 Å². The predicted molar refractivity (Wildman–Crippen MR) is 49.4 cm³/mol. The lowest BCUT2D eigenvalue weighted by Gasteiger charge is -1.88. The number of hydrogen-bond donors (Lipinski definition) is 2. The molecule has 0 unspecified atom stereocenters. The zero-order valence-corrected chi connectivity index (χ0v) is 7.39. The largest absolute Gasteiger partial charge is 0.350 e. The molecule has 0 spiro atoms. The lowest BCUT2D eigenvalue weighted by atomic mass is 10.3. The Kier molecular flexibility index (Phi) is 2.82. The van der Waals surface area contributed by atoms with Crippen LogP contribution in [0.4, 0.5) is 4.79 Å². The third-order valence-electron chi connectivity index (χ3n) is 1.14. The lowest BCUT2D eigenvalue weighted by molar-refractivity contribution is 0.249. The lowest BCUT2D eigenvalue weighted by Crippen LogP contribution is -2.24. The number of amides is 2. The number of nitrogens with two attached hydrogens (primary N) is 1. The summed E-state index contributed by atoms with van der Waals surface area (Å²) in [6, 6.07) is 1.31. The highest BCUT2D eigenvalue weighted by atomic mass is 32.1. The highest BCUT2D eigenvalue weighted by molar-refractivity contribution is 7.10. The number of hydrazone groups is 1. The van der Waals surface area contributed by atoms with Crippen molar-refractivity contribution in [2.24, 2.45) is 10.8 Å². The second kappa shape index (κ2) is 3.87. The molecule has 1 aromatic rings. The fourth-order valence-corrected chi connectivity index (χ4v) is 1.36. The number of nitrogens with zero attached hydrogens (tertiary/aromatic N) is 1. The van der Waals surface area contributed by atoms with E-state index in [0.29, 0.717) is 0 Å². The molecule has 64 valence electrons. The van der Waals surface area contributed by atoms with Gasteiger partial charge in [0.25, 0.3) is 0 Å². The van der Waals surface area contributed by atoms with Crippen LogP contribution < -0.4 is 11.2 Å². The number of urea groups is 1. The predicted octanol–water partition coefficient (Wildman–Crippen LogP) is 1.06. The van der Waals surface area contributed by atoms with Crippen LogP contribution in [0.25, 0.3) is 0 Å². The van der Waals surface area contributed by atoms with Crippen molar-refractivity contribution < 1.29 is 4.79 Å². The van der Waals surface area contributed by atoms with Crippen LogP contribution in [0.5, 0.6) is 0 Å². The second-order valence-electron chi connectivity index (χ2n) is 2.22. The van der Waals surface area contributed by atoms with Gasteiger partial charge in [0.05, 0.1) is 6.21 Å². The first kappa shape index (κ1) is 8.73. The Bertz CT molecular complexity index is 305. The van der Waals surface area contributed by atoms with E-state index >= 15 is 0 Å². The number of aryl methyl sites for hydroxylation is 1. The van der Waals surface area contributed by atoms with Gasteiger partial charge in [-0.3, -0.25) is 0 Å². The molecule has 0 radical (unpaired) electrons. The van der Waals surface area contributed by atoms with E-state index in [9.17, 15) is 4.79 Å². The molecule has 1 heterocycles. The number of carbonyl (C=O) groups excluding carboxylic acids is 1. The van der Waals surface area contributed by atoms with E-state index in [0.717, 1.165) is 5.56 Å². The van der Waals surface area contributed by atoms with Gasteiger partial charge in [0.1, 0.15) is 0 Å². The zero-order chi connectivity index (χ0) is 8.97. The van der Waals surface area contributed by atoms with Crippen molar-refractivity contribution in [1.82, 2.24) is 5.43 Å². The van der Waals surface area contributed by atoms with Crippen molar-refractivity contribution in [3.8, 4) is 0 Å². The van der Waals surface area contributed by atoms with Crippen LogP contribution >= 0.6 is 11.3 Å². The standard InChI is InChI=1S/C7H9N3OS/c1-5-2-6(4-12-5)3-9-10-7(8)11/h2-4H,1H3,(H3,8,10,11)/b9-3+. The summed E-state index contributed by atoms with van der Waals surface area (Å²) < 4.78 is 0. The summed E-state index contributed by atoms with van der Waals surface area (Å²) in [5, 5.41) is 5.56. The third kappa shape index (κ3) is 2.71. The van der Waals surface area contributed by atoms with Gasteiger partial charge in [-0.1, -0.05) is 0 Å². The molecule has 0 bridgehead atoms. The Morgan fingerprint density at radius 1 is 1.83 bits per heavy atom. The Balaban J connectivity index is 2.52. The van der Waals surface area contributed by atoms with E-state index in [-0.39, 0.29) is 0 Å². The van der Waals surface area contributed by atoms with E-state index in [4.69, 9.17) is 5.73 Å². The van der Waals surface area contributed by atoms with Gasteiger partial charge in [0.15, 0.2) is 0 Å². The molecule has 0 aliphatic rings. The Morgan fingerprint density at radius 3 is 3.08 bits per heavy atom. The maximum atomic E-state index is 10.2. The Labute approximate surface area is 74.1 Å². The van der Waals surface area contributed by atoms with Crippen molar-refractivity contribution in [2.75, 3.05) is 0 Å². The summed E-state index contributed by atoms with van der Waals surface area (Å²) in [7, 11) is 0. The van der Waals surface area contributed by atoms with Crippen molar-refractivity contribution >= 4 is 23.6 Å². The molecule has 0 saturated heterocycles. The van der Waals surface area contributed by atoms with E-state index in [1.54, 1.807) is 17.6 Å². The van der Waals surface area contributed by atoms with Crippen LogP contribution in [-0.4, -0.2) is 12.2 Å². The first-order chi connectivity index (χ1) is 5.68. The number of nitrogens with one attached hydrogen (secondary N) is 1. The maximum absolute atomic E-state index is 10.2. The van der Waals surface area contributed by atoms with Gasteiger partial charge >= 0.3 is 6.03 Å². The number of hydrogen-bond acceptors (Lipinski definition) is 3. The molecule has 0 aliphatic carbocycles. The minimum absolute atomic E-state index is 0.654. The minimum Gasteiger partial charge on any atom is -0.350 e. The van der Waals surface area contributed by atoms with Crippen LogP contribution in [0.2, 0.25) is 0 Å². The summed E-state index contributed by atoms with van der Waals surface area (Å²) in [6.45, 7) is 2.00. The molecule has 0 aromatic carbocycles. The normalized spacial score (nSPS) is 10.4. The summed E-state index contributed by atoms with van der Waals surface area (Å²) in [4.78, 5) is 11.4. The molecule has 2 amide bonds. The highest BCUT2D eigenvalue weighted by Crippen LogP contribution is 2.10. The van der Waals surface area contributed by atoms with E-state index < -0.39 is 6.03 Å². The summed E-state index contributed by atoms with van der Waals surface area (Å²) in [6.07, 6.45) is 1.55. The Morgan fingerprint density at radius 2 is 2.58 bits per heavy atom. The average molecular weight is 183 g/mol.